The number of ketones is 1. The fraction of sp³-hybridized carbons (Fsp3) is 0.429. The molecule has 1 aromatic rings. The van der Waals surface area contributed by atoms with Crippen molar-refractivity contribution in [1.82, 2.24) is 5.32 Å². The van der Waals surface area contributed by atoms with Gasteiger partial charge in [0, 0.05) is 18.0 Å². The Morgan fingerprint density at radius 1 is 1.42 bits per heavy atom. The molecule has 2 aliphatic rings. The average molecular weight is 260 g/mol. The van der Waals surface area contributed by atoms with E-state index in [0.29, 0.717) is 23.4 Å². The van der Waals surface area contributed by atoms with E-state index < -0.39 is 0 Å². The molecule has 19 heavy (non-hydrogen) atoms. The normalized spacial score (nSPS) is 21.5. The largest absolute Gasteiger partial charge is 0.482 e. The summed E-state index contributed by atoms with van der Waals surface area (Å²) in [7, 11) is 0. The van der Waals surface area contributed by atoms with Crippen molar-refractivity contribution < 1.29 is 14.3 Å². The summed E-state index contributed by atoms with van der Waals surface area (Å²) in [6.07, 6.45) is 2.69. The van der Waals surface area contributed by atoms with Gasteiger partial charge in [-0.1, -0.05) is 0 Å². The maximum absolute atomic E-state index is 12.2. The van der Waals surface area contributed by atoms with Crippen LogP contribution < -0.4 is 15.4 Å². The lowest BCUT2D eigenvalue weighted by Gasteiger charge is -2.18. The number of hydrogen-bond acceptors (Lipinski definition) is 4. The zero-order valence-electron chi connectivity index (χ0n) is 10.6. The van der Waals surface area contributed by atoms with Crippen LogP contribution in [0.3, 0.4) is 0 Å². The van der Waals surface area contributed by atoms with E-state index in [0.717, 1.165) is 19.4 Å². The molecule has 3 rings (SSSR count). The van der Waals surface area contributed by atoms with E-state index in [1.165, 1.54) is 0 Å². The summed E-state index contributed by atoms with van der Waals surface area (Å²) in [6, 6.07) is 5.48. The molecule has 0 aromatic heterocycles. The van der Waals surface area contributed by atoms with Crippen molar-refractivity contribution in [3.05, 3.63) is 23.8 Å². The van der Waals surface area contributed by atoms with Crippen LogP contribution in [0.5, 0.6) is 5.75 Å². The SMILES string of the molecule is O=C1COc2ccc(C(=O)CC3CCCN3)cc2N1. The Morgan fingerprint density at radius 3 is 3.11 bits per heavy atom. The topological polar surface area (TPSA) is 67.4 Å². The summed E-state index contributed by atoms with van der Waals surface area (Å²) in [5.74, 6) is 0.534. The minimum atomic E-state index is -0.186. The number of rotatable bonds is 3. The Hall–Kier alpha value is -1.88. The minimum Gasteiger partial charge on any atom is -0.482 e. The molecule has 100 valence electrons. The number of ether oxygens (including phenoxy) is 1. The van der Waals surface area contributed by atoms with Gasteiger partial charge in [0.05, 0.1) is 5.69 Å². The van der Waals surface area contributed by atoms with E-state index in [1.807, 2.05) is 0 Å². The maximum atomic E-state index is 12.2. The third kappa shape index (κ3) is 2.61. The molecule has 0 saturated carbocycles. The molecular formula is C14H16N2O3. The van der Waals surface area contributed by atoms with Gasteiger partial charge >= 0.3 is 0 Å². The first-order chi connectivity index (χ1) is 9.22. The number of amides is 1. The second-order valence-electron chi connectivity index (χ2n) is 4.97. The predicted octanol–water partition coefficient (Wildman–Crippen LogP) is 1.34. The molecule has 1 fully saturated rings. The van der Waals surface area contributed by atoms with Gasteiger partial charge in [0.2, 0.25) is 0 Å². The molecule has 0 aliphatic carbocycles. The van der Waals surface area contributed by atoms with Crippen molar-refractivity contribution in [2.24, 2.45) is 0 Å². The standard InChI is InChI=1S/C14H16N2O3/c17-12(7-10-2-1-5-15-10)9-3-4-13-11(6-9)16-14(18)8-19-13/h3-4,6,10,15H,1-2,5,7-8H2,(H,16,18). The first-order valence-corrected chi connectivity index (χ1v) is 6.55. The summed E-state index contributed by atoms with van der Waals surface area (Å²) < 4.78 is 5.27. The molecule has 5 nitrogen and oxygen atoms in total. The van der Waals surface area contributed by atoms with E-state index in [2.05, 4.69) is 10.6 Å². The monoisotopic (exact) mass is 260 g/mol. The van der Waals surface area contributed by atoms with Crippen LogP contribution in [-0.2, 0) is 4.79 Å². The average Bonchev–Trinajstić information content (AvgIpc) is 2.90. The van der Waals surface area contributed by atoms with E-state index in [-0.39, 0.29) is 24.3 Å². The van der Waals surface area contributed by atoms with Crippen LogP contribution in [0.25, 0.3) is 0 Å². The molecule has 2 heterocycles. The van der Waals surface area contributed by atoms with Crippen LogP contribution in [0, 0.1) is 0 Å². The van der Waals surface area contributed by atoms with Gasteiger partial charge in [0.15, 0.2) is 12.4 Å². The van der Waals surface area contributed by atoms with Crippen molar-refractivity contribution >= 4 is 17.4 Å². The van der Waals surface area contributed by atoms with Crippen LogP contribution >= 0.6 is 0 Å². The van der Waals surface area contributed by atoms with Gasteiger partial charge in [0.1, 0.15) is 5.75 Å². The molecule has 1 saturated heterocycles. The number of carbonyl (C=O) groups is 2. The maximum Gasteiger partial charge on any atom is 0.262 e. The molecule has 0 radical (unpaired) electrons. The van der Waals surface area contributed by atoms with Crippen LogP contribution in [0.4, 0.5) is 5.69 Å². The molecule has 5 heteroatoms. The number of anilines is 1. The number of hydrogen-bond donors (Lipinski definition) is 2. The summed E-state index contributed by atoms with van der Waals surface area (Å²) in [5, 5.41) is 6.03. The number of benzene rings is 1. The number of carbonyl (C=O) groups excluding carboxylic acids is 2. The molecule has 0 bridgehead atoms. The molecule has 1 amide bonds. The zero-order chi connectivity index (χ0) is 13.2. The number of Topliss-reactive ketones (excluding diaryl/α,β-unsaturated/α-hetero) is 1. The molecule has 1 unspecified atom stereocenters. The predicted molar refractivity (Wildman–Crippen MR) is 70.5 cm³/mol. The summed E-state index contributed by atoms with van der Waals surface area (Å²) in [5.41, 5.74) is 1.21. The van der Waals surface area contributed by atoms with Gasteiger partial charge in [-0.2, -0.15) is 0 Å². The van der Waals surface area contributed by atoms with Crippen molar-refractivity contribution in [3.63, 3.8) is 0 Å². The van der Waals surface area contributed by atoms with Gasteiger partial charge in [-0.25, -0.2) is 0 Å². The quantitative estimate of drug-likeness (QED) is 0.805. The number of fused-ring (bicyclic) bond motifs is 1. The molecule has 2 aliphatic heterocycles. The first-order valence-electron chi connectivity index (χ1n) is 6.55. The lowest BCUT2D eigenvalue weighted by atomic mass is 10.0. The van der Waals surface area contributed by atoms with Crippen molar-refractivity contribution in [3.8, 4) is 5.75 Å². The molecule has 0 spiro atoms. The highest BCUT2D eigenvalue weighted by Crippen LogP contribution is 2.29. The van der Waals surface area contributed by atoms with E-state index in [1.54, 1.807) is 18.2 Å². The Balaban J connectivity index is 1.75. The highest BCUT2D eigenvalue weighted by Gasteiger charge is 2.21. The van der Waals surface area contributed by atoms with E-state index in [9.17, 15) is 9.59 Å². The van der Waals surface area contributed by atoms with Gasteiger partial charge in [-0.15, -0.1) is 0 Å². The first kappa shape index (κ1) is 12.2. The Morgan fingerprint density at radius 2 is 2.32 bits per heavy atom. The number of nitrogens with one attached hydrogen (secondary N) is 2. The fourth-order valence-corrected chi connectivity index (χ4v) is 2.53. The van der Waals surface area contributed by atoms with Gasteiger partial charge in [0.25, 0.3) is 5.91 Å². The summed E-state index contributed by atoms with van der Waals surface area (Å²) in [4.78, 5) is 23.4. The van der Waals surface area contributed by atoms with Crippen molar-refractivity contribution in [1.29, 1.82) is 0 Å². The highest BCUT2D eigenvalue weighted by atomic mass is 16.5. The Kier molecular flexibility index (Phi) is 3.21. The van der Waals surface area contributed by atoms with E-state index in [4.69, 9.17) is 4.74 Å². The van der Waals surface area contributed by atoms with Gasteiger partial charge < -0.3 is 15.4 Å². The third-order valence-corrected chi connectivity index (χ3v) is 3.53. The van der Waals surface area contributed by atoms with Crippen molar-refractivity contribution in [2.75, 3.05) is 18.5 Å². The third-order valence-electron chi connectivity index (χ3n) is 3.53. The smallest absolute Gasteiger partial charge is 0.262 e. The van der Waals surface area contributed by atoms with Gasteiger partial charge in [-0.3, -0.25) is 9.59 Å². The summed E-state index contributed by atoms with van der Waals surface area (Å²) in [6.45, 7) is 1.03. The fourth-order valence-electron chi connectivity index (χ4n) is 2.53. The molecule has 2 N–H and O–H groups in total. The lowest BCUT2D eigenvalue weighted by Crippen LogP contribution is -2.26. The minimum absolute atomic E-state index is 0.0340. The van der Waals surface area contributed by atoms with Crippen LogP contribution in [0.2, 0.25) is 0 Å². The lowest BCUT2D eigenvalue weighted by molar-refractivity contribution is -0.118. The van der Waals surface area contributed by atoms with Crippen LogP contribution in [-0.4, -0.2) is 30.9 Å². The molecule has 1 atom stereocenters. The highest BCUT2D eigenvalue weighted by molar-refractivity contribution is 6.00. The Bertz CT molecular complexity index is 521. The van der Waals surface area contributed by atoms with Crippen LogP contribution in [0.1, 0.15) is 29.6 Å². The zero-order valence-corrected chi connectivity index (χ0v) is 10.6. The van der Waals surface area contributed by atoms with E-state index >= 15 is 0 Å². The van der Waals surface area contributed by atoms with Gasteiger partial charge in [-0.05, 0) is 37.6 Å². The molecule has 1 aromatic carbocycles. The second kappa shape index (κ2) is 5.01. The summed E-state index contributed by atoms with van der Waals surface area (Å²) >= 11 is 0. The molecular weight excluding hydrogens is 244 g/mol. The van der Waals surface area contributed by atoms with Crippen molar-refractivity contribution in [2.45, 2.75) is 25.3 Å². The van der Waals surface area contributed by atoms with Crippen LogP contribution in [0.15, 0.2) is 18.2 Å². The second-order valence-corrected chi connectivity index (χ2v) is 4.97. The Labute approximate surface area is 111 Å².